The van der Waals surface area contributed by atoms with E-state index in [4.69, 9.17) is 0 Å². The largest absolute Gasteiger partial charge is 0.342 e. The molecule has 0 aliphatic carbocycles. The number of hydrogen-bond acceptors (Lipinski definition) is 5. The van der Waals surface area contributed by atoms with E-state index in [1.54, 1.807) is 35.6 Å². The summed E-state index contributed by atoms with van der Waals surface area (Å²) in [5, 5.41) is 6.32. The number of amides is 2. The van der Waals surface area contributed by atoms with Gasteiger partial charge in [0, 0.05) is 25.3 Å². The van der Waals surface area contributed by atoms with E-state index in [1.165, 1.54) is 6.92 Å². The first-order chi connectivity index (χ1) is 12.0. The molecule has 0 aliphatic rings. The van der Waals surface area contributed by atoms with E-state index < -0.39 is 0 Å². The van der Waals surface area contributed by atoms with Gasteiger partial charge in [0.1, 0.15) is 0 Å². The summed E-state index contributed by atoms with van der Waals surface area (Å²) in [6.07, 6.45) is 0. The number of rotatable bonds is 5. The molecule has 0 bridgehead atoms. The molecule has 0 fully saturated rings. The second-order valence-corrected chi connectivity index (χ2v) is 6.64. The van der Waals surface area contributed by atoms with Gasteiger partial charge in [0.25, 0.3) is 0 Å². The summed E-state index contributed by atoms with van der Waals surface area (Å²) in [6.45, 7) is 1.63. The van der Waals surface area contributed by atoms with E-state index >= 15 is 0 Å². The van der Waals surface area contributed by atoms with Gasteiger partial charge in [-0.2, -0.15) is 0 Å². The summed E-state index contributed by atoms with van der Waals surface area (Å²) in [5.74, 6) is -0.305. The van der Waals surface area contributed by atoms with Crippen molar-refractivity contribution in [3.63, 3.8) is 0 Å². The van der Waals surface area contributed by atoms with Gasteiger partial charge in [0.15, 0.2) is 5.13 Å². The maximum absolute atomic E-state index is 12.3. The zero-order valence-corrected chi connectivity index (χ0v) is 14.8. The molecule has 0 aliphatic heterocycles. The summed E-state index contributed by atoms with van der Waals surface area (Å²) in [7, 11) is 1.84. The molecule has 0 saturated heterocycles. The van der Waals surface area contributed by atoms with Crippen molar-refractivity contribution in [1.82, 2.24) is 4.98 Å². The Labute approximate surface area is 149 Å². The number of nitrogens with one attached hydrogen (secondary N) is 2. The number of hydrogen-bond donors (Lipinski definition) is 2. The van der Waals surface area contributed by atoms with E-state index in [0.717, 1.165) is 15.3 Å². The molecule has 7 heteroatoms. The third-order valence-corrected chi connectivity index (χ3v) is 4.61. The van der Waals surface area contributed by atoms with Crippen molar-refractivity contribution in [1.29, 1.82) is 0 Å². The van der Waals surface area contributed by atoms with Crippen molar-refractivity contribution < 1.29 is 9.59 Å². The quantitative estimate of drug-likeness (QED) is 0.737. The number of likely N-dealkylation sites (N-methyl/N-ethyl adjacent to an activating group) is 1. The molecule has 25 heavy (non-hydrogen) atoms. The maximum atomic E-state index is 12.3. The highest BCUT2D eigenvalue weighted by Gasteiger charge is 2.12. The average Bonchev–Trinajstić information content (AvgIpc) is 2.98. The summed E-state index contributed by atoms with van der Waals surface area (Å²) < 4.78 is 1.09. The van der Waals surface area contributed by atoms with Gasteiger partial charge in [-0.1, -0.05) is 29.5 Å². The predicted molar refractivity (Wildman–Crippen MR) is 102 cm³/mol. The third kappa shape index (κ3) is 4.33. The zero-order chi connectivity index (χ0) is 17.8. The number of para-hydroxylation sites is 1. The maximum Gasteiger partial charge on any atom is 0.243 e. The Morgan fingerprint density at radius 2 is 1.80 bits per heavy atom. The number of carbonyl (C=O) groups is 2. The molecule has 2 amide bonds. The first kappa shape index (κ1) is 16.9. The first-order valence-electron chi connectivity index (χ1n) is 7.75. The van der Waals surface area contributed by atoms with Gasteiger partial charge in [-0.25, -0.2) is 4.98 Å². The Balaban J connectivity index is 1.64. The molecular weight excluding hydrogens is 336 g/mol. The highest BCUT2D eigenvalue weighted by Crippen LogP contribution is 2.27. The monoisotopic (exact) mass is 354 g/mol. The van der Waals surface area contributed by atoms with Gasteiger partial charge in [-0.15, -0.1) is 0 Å². The second kappa shape index (κ2) is 7.31. The van der Waals surface area contributed by atoms with Crippen LogP contribution in [0.2, 0.25) is 0 Å². The molecule has 2 aromatic carbocycles. The van der Waals surface area contributed by atoms with Gasteiger partial charge in [0.2, 0.25) is 11.8 Å². The second-order valence-electron chi connectivity index (χ2n) is 5.63. The number of aromatic nitrogens is 1. The lowest BCUT2D eigenvalue weighted by molar-refractivity contribution is -0.115. The molecular formula is C18H18N4O2S. The smallest absolute Gasteiger partial charge is 0.243 e. The summed E-state index contributed by atoms with van der Waals surface area (Å²) in [6, 6.07) is 14.9. The summed E-state index contributed by atoms with van der Waals surface area (Å²) in [4.78, 5) is 29.7. The van der Waals surface area contributed by atoms with E-state index in [2.05, 4.69) is 15.6 Å². The van der Waals surface area contributed by atoms with Crippen LogP contribution in [0.5, 0.6) is 0 Å². The first-order valence-corrected chi connectivity index (χ1v) is 8.57. The van der Waals surface area contributed by atoms with Crippen molar-refractivity contribution in [2.45, 2.75) is 6.92 Å². The molecule has 0 saturated carbocycles. The van der Waals surface area contributed by atoms with E-state index in [9.17, 15) is 9.59 Å². The Bertz CT molecular complexity index is 889. The lowest BCUT2D eigenvalue weighted by atomic mass is 10.2. The van der Waals surface area contributed by atoms with E-state index in [0.29, 0.717) is 11.4 Å². The minimum Gasteiger partial charge on any atom is -0.342 e. The van der Waals surface area contributed by atoms with Crippen LogP contribution in [0.3, 0.4) is 0 Å². The molecule has 1 aromatic heterocycles. The Morgan fingerprint density at radius 1 is 1.08 bits per heavy atom. The molecule has 1 heterocycles. The third-order valence-electron chi connectivity index (χ3n) is 3.46. The van der Waals surface area contributed by atoms with Crippen LogP contribution in [-0.2, 0) is 9.59 Å². The van der Waals surface area contributed by atoms with Crippen molar-refractivity contribution >= 4 is 49.9 Å². The standard InChI is InChI=1S/C18H18N4O2S/c1-12(23)19-13-6-5-7-14(10-13)20-17(24)11-22(2)18-21-15-8-3-4-9-16(15)25-18/h3-10H,11H2,1-2H3,(H,19,23)(H,20,24). The Hall–Kier alpha value is -2.93. The number of nitrogens with zero attached hydrogens (tertiary/aromatic N) is 2. The minimum absolute atomic E-state index is 0.151. The Morgan fingerprint density at radius 3 is 2.52 bits per heavy atom. The molecule has 2 N–H and O–H groups in total. The predicted octanol–water partition coefficient (Wildman–Crippen LogP) is 3.33. The normalized spacial score (nSPS) is 10.5. The van der Waals surface area contributed by atoms with Crippen LogP contribution in [0.25, 0.3) is 10.2 Å². The number of anilines is 3. The van der Waals surface area contributed by atoms with Crippen LogP contribution in [0, 0.1) is 0 Å². The van der Waals surface area contributed by atoms with Gasteiger partial charge in [-0.05, 0) is 30.3 Å². The lowest BCUT2D eigenvalue weighted by Crippen LogP contribution is -2.29. The van der Waals surface area contributed by atoms with Crippen molar-refractivity contribution in [2.24, 2.45) is 0 Å². The molecule has 128 valence electrons. The van der Waals surface area contributed by atoms with Crippen LogP contribution < -0.4 is 15.5 Å². The fraction of sp³-hybridized carbons (Fsp3) is 0.167. The van der Waals surface area contributed by atoms with Gasteiger partial charge >= 0.3 is 0 Å². The molecule has 0 unspecified atom stereocenters. The molecule has 6 nitrogen and oxygen atoms in total. The van der Waals surface area contributed by atoms with Crippen molar-refractivity contribution in [2.75, 3.05) is 29.1 Å². The highest BCUT2D eigenvalue weighted by molar-refractivity contribution is 7.22. The number of thiazole rings is 1. The number of carbonyl (C=O) groups excluding carboxylic acids is 2. The van der Waals surface area contributed by atoms with Crippen LogP contribution >= 0.6 is 11.3 Å². The van der Waals surface area contributed by atoms with E-state index in [-0.39, 0.29) is 18.4 Å². The average molecular weight is 354 g/mol. The Kier molecular flexibility index (Phi) is 4.95. The fourth-order valence-electron chi connectivity index (χ4n) is 2.38. The zero-order valence-electron chi connectivity index (χ0n) is 13.9. The number of fused-ring (bicyclic) bond motifs is 1. The van der Waals surface area contributed by atoms with Crippen LogP contribution in [-0.4, -0.2) is 30.4 Å². The molecule has 0 radical (unpaired) electrons. The van der Waals surface area contributed by atoms with Crippen LogP contribution in [0.4, 0.5) is 16.5 Å². The molecule has 0 atom stereocenters. The highest BCUT2D eigenvalue weighted by atomic mass is 32.1. The SMILES string of the molecule is CC(=O)Nc1cccc(NC(=O)CN(C)c2nc3ccccc3s2)c1. The van der Waals surface area contributed by atoms with Crippen molar-refractivity contribution in [3.05, 3.63) is 48.5 Å². The lowest BCUT2D eigenvalue weighted by Gasteiger charge is -2.15. The van der Waals surface area contributed by atoms with Crippen LogP contribution in [0.1, 0.15) is 6.92 Å². The van der Waals surface area contributed by atoms with Gasteiger partial charge in [-0.3, -0.25) is 9.59 Å². The van der Waals surface area contributed by atoms with Gasteiger partial charge in [0.05, 0.1) is 16.8 Å². The van der Waals surface area contributed by atoms with Crippen LogP contribution in [0.15, 0.2) is 48.5 Å². The molecule has 3 aromatic rings. The summed E-state index contributed by atoms with van der Waals surface area (Å²) >= 11 is 1.55. The van der Waals surface area contributed by atoms with Gasteiger partial charge < -0.3 is 15.5 Å². The fourth-order valence-corrected chi connectivity index (χ4v) is 3.31. The summed E-state index contributed by atoms with van der Waals surface area (Å²) in [5.41, 5.74) is 2.21. The number of benzene rings is 2. The molecule has 0 spiro atoms. The van der Waals surface area contributed by atoms with E-state index in [1.807, 2.05) is 36.2 Å². The van der Waals surface area contributed by atoms with Crippen molar-refractivity contribution in [3.8, 4) is 0 Å². The minimum atomic E-state index is -0.154. The molecule has 3 rings (SSSR count). The topological polar surface area (TPSA) is 74.3 Å².